The Bertz CT molecular complexity index is 1100. The Morgan fingerprint density at radius 3 is 2.37 bits per heavy atom. The van der Waals surface area contributed by atoms with Crippen molar-refractivity contribution in [2.24, 2.45) is 0 Å². The number of benzene rings is 2. The Morgan fingerprint density at radius 1 is 0.963 bits per heavy atom. The van der Waals surface area contributed by atoms with E-state index < -0.39 is 5.97 Å². The molecule has 0 saturated carbocycles. The smallest absolute Gasteiger partial charge is 0.344 e. The Hall–Kier alpha value is -3.25. The van der Waals surface area contributed by atoms with Crippen molar-refractivity contribution in [1.29, 1.82) is 0 Å². The first-order chi connectivity index (χ1) is 13.2. The highest BCUT2D eigenvalue weighted by Crippen LogP contribution is 2.29. The predicted molar refractivity (Wildman–Crippen MR) is 106 cm³/mol. The minimum absolute atomic E-state index is 0.218. The molecule has 6 heteroatoms. The van der Waals surface area contributed by atoms with Crippen LogP contribution >= 0.6 is 11.8 Å². The van der Waals surface area contributed by atoms with Crippen LogP contribution in [0.3, 0.4) is 0 Å². The zero-order chi connectivity index (χ0) is 18.6. The average Bonchev–Trinajstić information content (AvgIpc) is 2.74. The highest BCUT2D eigenvalue weighted by molar-refractivity contribution is 7.98. The predicted octanol–water partition coefficient (Wildman–Crippen LogP) is 4.63. The number of hydrogen-bond acceptors (Lipinski definition) is 6. The number of carbonyl (C=O) groups is 1. The van der Waals surface area contributed by atoms with Crippen molar-refractivity contribution in [2.75, 3.05) is 6.26 Å². The molecule has 2 aromatic heterocycles. The van der Waals surface area contributed by atoms with Crippen molar-refractivity contribution in [3.63, 3.8) is 0 Å². The second-order valence-electron chi connectivity index (χ2n) is 5.73. The second kappa shape index (κ2) is 7.55. The van der Waals surface area contributed by atoms with Gasteiger partial charge in [-0.1, -0.05) is 60.3 Å². The molecule has 27 heavy (non-hydrogen) atoms. The summed E-state index contributed by atoms with van der Waals surface area (Å²) in [6.45, 7) is 0. The number of thioether (sulfide) groups is 1. The number of hydrogen-bond donors (Lipinski definition) is 0. The van der Waals surface area contributed by atoms with Crippen molar-refractivity contribution in [2.45, 2.75) is 5.16 Å². The lowest BCUT2D eigenvalue weighted by atomic mass is 10.1. The molecule has 0 aliphatic rings. The van der Waals surface area contributed by atoms with Crippen LogP contribution in [0.2, 0.25) is 0 Å². The van der Waals surface area contributed by atoms with Crippen LogP contribution in [-0.2, 0) is 0 Å². The summed E-state index contributed by atoms with van der Waals surface area (Å²) in [6, 6.07) is 20.2. The Morgan fingerprint density at radius 2 is 1.67 bits per heavy atom. The van der Waals surface area contributed by atoms with Gasteiger partial charge in [-0.2, -0.15) is 0 Å². The van der Waals surface area contributed by atoms with Gasteiger partial charge in [-0.05, 0) is 18.4 Å². The van der Waals surface area contributed by atoms with E-state index in [0.29, 0.717) is 16.4 Å². The van der Waals surface area contributed by atoms with Gasteiger partial charge in [0.05, 0.1) is 5.56 Å². The van der Waals surface area contributed by atoms with E-state index in [1.165, 1.54) is 11.8 Å². The minimum atomic E-state index is -0.455. The lowest BCUT2D eigenvalue weighted by Crippen LogP contribution is -2.09. The number of nitrogens with zero attached hydrogens (tertiary/aromatic N) is 3. The van der Waals surface area contributed by atoms with Crippen molar-refractivity contribution in [3.8, 4) is 17.1 Å². The first kappa shape index (κ1) is 17.2. The summed E-state index contributed by atoms with van der Waals surface area (Å²) in [5, 5.41) is 1.42. The first-order valence-corrected chi connectivity index (χ1v) is 9.51. The molecule has 4 aromatic rings. The van der Waals surface area contributed by atoms with E-state index in [9.17, 15) is 4.79 Å². The van der Waals surface area contributed by atoms with Crippen LogP contribution in [-0.4, -0.2) is 27.2 Å². The van der Waals surface area contributed by atoms with Crippen molar-refractivity contribution < 1.29 is 9.53 Å². The fraction of sp³-hybridized carbons (Fsp3) is 0.0476. The molecule has 4 rings (SSSR count). The molecule has 0 amide bonds. The van der Waals surface area contributed by atoms with Crippen molar-refractivity contribution in [1.82, 2.24) is 15.0 Å². The molecule has 0 atom stereocenters. The molecule has 0 bridgehead atoms. The molecule has 0 saturated heterocycles. The normalized spacial score (nSPS) is 10.7. The van der Waals surface area contributed by atoms with Gasteiger partial charge >= 0.3 is 5.97 Å². The molecule has 0 spiro atoms. The maximum atomic E-state index is 12.4. The summed E-state index contributed by atoms with van der Waals surface area (Å²) in [4.78, 5) is 25.9. The third-order valence-corrected chi connectivity index (χ3v) is 4.52. The van der Waals surface area contributed by atoms with Gasteiger partial charge in [-0.25, -0.2) is 19.7 Å². The molecule has 0 fully saturated rings. The highest BCUT2D eigenvalue weighted by Gasteiger charge is 2.15. The van der Waals surface area contributed by atoms with E-state index in [0.717, 1.165) is 16.5 Å². The molecule has 0 unspecified atom stereocenters. The Kier molecular flexibility index (Phi) is 4.80. The monoisotopic (exact) mass is 373 g/mol. The summed E-state index contributed by atoms with van der Waals surface area (Å²) in [7, 11) is 0. The van der Waals surface area contributed by atoms with Crippen LogP contribution in [0.4, 0.5) is 0 Å². The van der Waals surface area contributed by atoms with Crippen molar-refractivity contribution in [3.05, 3.63) is 78.5 Å². The molecular weight excluding hydrogens is 358 g/mol. The molecule has 0 N–H and O–H groups in total. The van der Waals surface area contributed by atoms with Gasteiger partial charge in [0.25, 0.3) is 0 Å². The SMILES string of the molecule is CSc1ncc2cc(OC(=O)c3ccccc3)nc(-c3ccccc3)c2n1. The molecule has 0 aliphatic heterocycles. The molecule has 0 aliphatic carbocycles. The topological polar surface area (TPSA) is 65.0 Å². The second-order valence-corrected chi connectivity index (χ2v) is 6.50. The third kappa shape index (κ3) is 3.66. The largest absolute Gasteiger partial charge is 0.404 e. The van der Waals surface area contributed by atoms with Crippen LogP contribution < -0.4 is 4.74 Å². The van der Waals surface area contributed by atoms with Gasteiger partial charge in [-0.15, -0.1) is 0 Å². The lowest BCUT2D eigenvalue weighted by molar-refractivity contribution is 0.0728. The van der Waals surface area contributed by atoms with Crippen LogP contribution in [0.1, 0.15) is 10.4 Å². The third-order valence-electron chi connectivity index (χ3n) is 3.96. The number of carbonyl (C=O) groups excluding carboxylic acids is 1. The molecule has 0 radical (unpaired) electrons. The van der Waals surface area contributed by atoms with E-state index in [-0.39, 0.29) is 5.88 Å². The summed E-state index contributed by atoms with van der Waals surface area (Å²) in [5.74, 6) is -0.237. The standard InChI is InChI=1S/C21H15N3O2S/c1-27-21-22-13-16-12-17(26-20(25)15-10-6-3-7-11-15)23-18(19(16)24-21)14-8-4-2-5-9-14/h2-13H,1H3. The first-order valence-electron chi connectivity index (χ1n) is 8.29. The number of aromatic nitrogens is 3. The number of ether oxygens (including phenoxy) is 1. The minimum Gasteiger partial charge on any atom is -0.404 e. The van der Waals surface area contributed by atoms with E-state index in [1.807, 2.05) is 42.7 Å². The number of rotatable bonds is 4. The summed E-state index contributed by atoms with van der Waals surface area (Å²) in [6.07, 6.45) is 3.65. The Labute approximate surface area is 160 Å². The van der Waals surface area contributed by atoms with Crippen molar-refractivity contribution >= 4 is 28.6 Å². The van der Waals surface area contributed by atoms with E-state index in [2.05, 4.69) is 15.0 Å². The zero-order valence-corrected chi connectivity index (χ0v) is 15.3. The highest BCUT2D eigenvalue weighted by atomic mass is 32.2. The maximum absolute atomic E-state index is 12.4. The summed E-state index contributed by atoms with van der Waals surface area (Å²) >= 11 is 1.46. The van der Waals surface area contributed by atoms with Crippen LogP contribution in [0.25, 0.3) is 22.2 Å². The van der Waals surface area contributed by atoms with Gasteiger partial charge in [-0.3, -0.25) is 0 Å². The fourth-order valence-electron chi connectivity index (χ4n) is 2.67. The molecule has 132 valence electrons. The number of fused-ring (bicyclic) bond motifs is 1. The van der Waals surface area contributed by atoms with Gasteiger partial charge < -0.3 is 4.74 Å². The number of pyridine rings is 1. The molecule has 5 nitrogen and oxygen atoms in total. The molecule has 2 heterocycles. The molecule has 2 aromatic carbocycles. The van der Waals surface area contributed by atoms with E-state index in [1.54, 1.807) is 36.5 Å². The van der Waals surface area contributed by atoms with E-state index >= 15 is 0 Å². The van der Waals surface area contributed by atoms with Gasteiger partial charge in [0.1, 0.15) is 11.2 Å². The van der Waals surface area contributed by atoms with Crippen LogP contribution in [0, 0.1) is 0 Å². The van der Waals surface area contributed by atoms with Gasteiger partial charge in [0, 0.05) is 23.2 Å². The Balaban J connectivity index is 1.82. The summed E-state index contributed by atoms with van der Waals surface area (Å²) in [5.41, 5.74) is 2.74. The van der Waals surface area contributed by atoms with E-state index in [4.69, 9.17) is 4.74 Å². The van der Waals surface area contributed by atoms with Gasteiger partial charge in [0.2, 0.25) is 5.88 Å². The molecular formula is C21H15N3O2S. The fourth-order valence-corrected chi connectivity index (χ4v) is 3.02. The van der Waals surface area contributed by atoms with Crippen LogP contribution in [0.5, 0.6) is 5.88 Å². The zero-order valence-electron chi connectivity index (χ0n) is 14.5. The number of esters is 1. The van der Waals surface area contributed by atoms with Crippen LogP contribution in [0.15, 0.2) is 78.1 Å². The quantitative estimate of drug-likeness (QED) is 0.295. The lowest BCUT2D eigenvalue weighted by Gasteiger charge is -2.10. The average molecular weight is 373 g/mol. The van der Waals surface area contributed by atoms with Gasteiger partial charge in [0.15, 0.2) is 5.16 Å². The maximum Gasteiger partial charge on any atom is 0.344 e. The summed E-state index contributed by atoms with van der Waals surface area (Å²) < 4.78 is 5.52.